The Kier molecular flexibility index (Phi) is 10.7. The first-order valence-electron chi connectivity index (χ1n) is 6.86. The largest absolute Gasteiger partial charge is 0.480 e. The first kappa shape index (κ1) is 18.2. The molecule has 3 N–H and O–H groups in total. The third-order valence-corrected chi connectivity index (χ3v) is 3.80. The molecule has 0 aliphatic carbocycles. The first-order valence-corrected chi connectivity index (χ1v) is 8.02. The van der Waals surface area contributed by atoms with Crippen molar-refractivity contribution in [2.75, 3.05) is 24.6 Å². The summed E-state index contributed by atoms with van der Waals surface area (Å²) in [5.41, 5.74) is 5.39. The lowest BCUT2D eigenvalue weighted by atomic mass is 10.2. The highest BCUT2D eigenvalue weighted by Gasteiger charge is 2.15. The maximum atomic E-state index is 12.0. The number of rotatable bonds is 11. The molecule has 0 aromatic rings. The Labute approximate surface area is 119 Å². The van der Waals surface area contributed by atoms with Crippen molar-refractivity contribution in [1.29, 1.82) is 0 Å². The molecule has 1 unspecified atom stereocenters. The highest BCUT2D eigenvalue weighted by atomic mass is 32.2. The summed E-state index contributed by atoms with van der Waals surface area (Å²) in [6, 6.07) is -0.891. The molecule has 1 amide bonds. The number of unbranched alkanes of at least 4 members (excludes halogenated alkanes) is 2. The molecule has 0 fully saturated rings. The van der Waals surface area contributed by atoms with Crippen LogP contribution in [0.25, 0.3) is 0 Å². The molecular formula is C13H26N2O3S. The van der Waals surface area contributed by atoms with E-state index in [1.807, 2.05) is 4.90 Å². The molecule has 0 radical (unpaired) electrons. The Morgan fingerprint density at radius 2 is 1.74 bits per heavy atom. The van der Waals surface area contributed by atoms with Gasteiger partial charge in [-0.3, -0.25) is 9.59 Å². The van der Waals surface area contributed by atoms with E-state index in [1.54, 1.807) is 0 Å². The second-order valence-electron chi connectivity index (χ2n) is 4.55. The molecule has 0 bridgehead atoms. The van der Waals surface area contributed by atoms with E-state index in [1.165, 1.54) is 11.8 Å². The Morgan fingerprint density at radius 3 is 2.16 bits per heavy atom. The molecule has 0 aliphatic rings. The summed E-state index contributed by atoms with van der Waals surface area (Å²) in [5.74, 6) is -0.344. The zero-order valence-electron chi connectivity index (χ0n) is 11.9. The third kappa shape index (κ3) is 8.88. The number of nitrogens with zero attached hydrogens (tertiary/aromatic N) is 1. The standard InChI is InChI=1S/C13H26N2O3S/c1-3-5-7-15(8-6-4-2)12(16)10-19-9-11(14)13(17)18/h11H,3-10,14H2,1-2H3,(H,17,18). The summed E-state index contributed by atoms with van der Waals surface area (Å²) in [7, 11) is 0. The van der Waals surface area contributed by atoms with E-state index in [4.69, 9.17) is 10.8 Å². The summed E-state index contributed by atoms with van der Waals surface area (Å²) >= 11 is 1.30. The maximum Gasteiger partial charge on any atom is 0.321 e. The Morgan fingerprint density at radius 1 is 1.21 bits per heavy atom. The number of thioether (sulfide) groups is 1. The van der Waals surface area contributed by atoms with Crippen molar-refractivity contribution in [3.05, 3.63) is 0 Å². The highest BCUT2D eigenvalue weighted by Crippen LogP contribution is 2.07. The van der Waals surface area contributed by atoms with Crippen LogP contribution in [-0.2, 0) is 9.59 Å². The van der Waals surface area contributed by atoms with Crippen molar-refractivity contribution >= 4 is 23.6 Å². The van der Waals surface area contributed by atoms with Gasteiger partial charge in [-0.25, -0.2) is 0 Å². The fraction of sp³-hybridized carbons (Fsp3) is 0.846. The van der Waals surface area contributed by atoms with Crippen molar-refractivity contribution in [1.82, 2.24) is 4.90 Å². The number of aliphatic carboxylic acids is 1. The fourth-order valence-electron chi connectivity index (χ4n) is 1.49. The molecule has 0 aromatic carbocycles. The molecule has 1 atom stereocenters. The number of hydrogen-bond donors (Lipinski definition) is 2. The second kappa shape index (κ2) is 11.1. The number of carboxylic acids is 1. The van der Waals surface area contributed by atoms with Crippen molar-refractivity contribution < 1.29 is 14.7 Å². The minimum atomic E-state index is -1.02. The molecule has 112 valence electrons. The lowest BCUT2D eigenvalue weighted by Crippen LogP contribution is -2.36. The van der Waals surface area contributed by atoms with Crippen LogP contribution in [0.2, 0.25) is 0 Å². The summed E-state index contributed by atoms with van der Waals surface area (Å²) in [5, 5.41) is 8.66. The summed E-state index contributed by atoms with van der Waals surface area (Å²) in [6.07, 6.45) is 4.14. The lowest BCUT2D eigenvalue weighted by molar-refractivity contribution is -0.138. The lowest BCUT2D eigenvalue weighted by Gasteiger charge is -2.22. The van der Waals surface area contributed by atoms with E-state index in [-0.39, 0.29) is 11.7 Å². The molecule has 0 saturated carbocycles. The number of hydrogen-bond acceptors (Lipinski definition) is 4. The smallest absolute Gasteiger partial charge is 0.321 e. The third-order valence-electron chi connectivity index (χ3n) is 2.76. The summed E-state index contributed by atoms with van der Waals surface area (Å²) < 4.78 is 0. The zero-order chi connectivity index (χ0) is 14.7. The van der Waals surface area contributed by atoms with Crippen LogP contribution >= 0.6 is 11.8 Å². The fourth-order valence-corrected chi connectivity index (χ4v) is 2.37. The van der Waals surface area contributed by atoms with Gasteiger partial charge in [0, 0.05) is 18.8 Å². The van der Waals surface area contributed by atoms with Gasteiger partial charge in [-0.2, -0.15) is 0 Å². The van der Waals surface area contributed by atoms with Gasteiger partial charge in [0.25, 0.3) is 0 Å². The molecule has 6 heteroatoms. The van der Waals surface area contributed by atoms with Gasteiger partial charge >= 0.3 is 5.97 Å². The second-order valence-corrected chi connectivity index (χ2v) is 5.58. The van der Waals surface area contributed by atoms with Gasteiger partial charge in [0.2, 0.25) is 5.91 Å². The predicted molar refractivity (Wildman–Crippen MR) is 79.3 cm³/mol. The SMILES string of the molecule is CCCCN(CCCC)C(=O)CSCC(N)C(=O)O. The van der Waals surface area contributed by atoms with Crippen molar-refractivity contribution in [3.8, 4) is 0 Å². The van der Waals surface area contributed by atoms with E-state index in [9.17, 15) is 9.59 Å². The molecule has 0 spiro atoms. The average Bonchev–Trinajstić information content (AvgIpc) is 2.38. The van der Waals surface area contributed by atoms with Gasteiger partial charge in [-0.1, -0.05) is 26.7 Å². The molecular weight excluding hydrogens is 264 g/mol. The number of amides is 1. The maximum absolute atomic E-state index is 12.0. The van der Waals surface area contributed by atoms with Crippen LogP contribution in [0.1, 0.15) is 39.5 Å². The van der Waals surface area contributed by atoms with Crippen molar-refractivity contribution in [2.24, 2.45) is 5.73 Å². The van der Waals surface area contributed by atoms with Gasteiger partial charge < -0.3 is 15.7 Å². The molecule has 0 aromatic heterocycles. The normalized spacial score (nSPS) is 12.2. The van der Waals surface area contributed by atoms with Crippen LogP contribution in [0.3, 0.4) is 0 Å². The Hall–Kier alpha value is -0.750. The quantitative estimate of drug-likeness (QED) is 0.603. The molecule has 0 heterocycles. The van der Waals surface area contributed by atoms with Gasteiger partial charge in [0.15, 0.2) is 0 Å². The molecule has 5 nitrogen and oxygen atoms in total. The molecule has 0 rings (SSSR count). The number of carbonyl (C=O) groups excluding carboxylic acids is 1. The van der Waals surface area contributed by atoms with E-state index in [2.05, 4.69) is 13.8 Å². The first-order chi connectivity index (χ1) is 9.02. The molecule has 0 saturated heterocycles. The minimum absolute atomic E-state index is 0.0875. The van der Waals surface area contributed by atoms with Crippen LogP contribution in [0.4, 0.5) is 0 Å². The van der Waals surface area contributed by atoms with Crippen LogP contribution in [0, 0.1) is 0 Å². The van der Waals surface area contributed by atoms with E-state index in [0.717, 1.165) is 38.8 Å². The highest BCUT2D eigenvalue weighted by molar-refractivity contribution is 8.00. The molecule has 19 heavy (non-hydrogen) atoms. The number of carbonyl (C=O) groups is 2. The van der Waals surface area contributed by atoms with Crippen molar-refractivity contribution in [2.45, 2.75) is 45.6 Å². The number of carboxylic acid groups (broad SMARTS) is 1. The van der Waals surface area contributed by atoms with Crippen LogP contribution < -0.4 is 5.73 Å². The summed E-state index contributed by atoms with van der Waals surface area (Å²) in [4.78, 5) is 24.5. The van der Waals surface area contributed by atoms with Gasteiger partial charge in [-0.05, 0) is 12.8 Å². The minimum Gasteiger partial charge on any atom is -0.480 e. The van der Waals surface area contributed by atoms with E-state index >= 15 is 0 Å². The van der Waals surface area contributed by atoms with Crippen molar-refractivity contribution in [3.63, 3.8) is 0 Å². The van der Waals surface area contributed by atoms with Crippen LogP contribution in [-0.4, -0.2) is 52.5 Å². The van der Waals surface area contributed by atoms with E-state index < -0.39 is 12.0 Å². The number of nitrogens with two attached hydrogens (primary N) is 1. The monoisotopic (exact) mass is 290 g/mol. The average molecular weight is 290 g/mol. The Bertz CT molecular complexity index is 267. The zero-order valence-corrected chi connectivity index (χ0v) is 12.7. The van der Waals surface area contributed by atoms with E-state index in [0.29, 0.717) is 5.75 Å². The summed E-state index contributed by atoms with van der Waals surface area (Å²) in [6.45, 7) is 5.79. The molecule has 0 aliphatic heterocycles. The van der Waals surface area contributed by atoms with Crippen LogP contribution in [0.15, 0.2) is 0 Å². The Balaban J connectivity index is 4.04. The van der Waals surface area contributed by atoms with Gasteiger partial charge in [-0.15, -0.1) is 11.8 Å². The van der Waals surface area contributed by atoms with Gasteiger partial charge in [0.1, 0.15) is 6.04 Å². The van der Waals surface area contributed by atoms with Gasteiger partial charge in [0.05, 0.1) is 5.75 Å². The topological polar surface area (TPSA) is 83.6 Å². The van der Waals surface area contributed by atoms with Crippen LogP contribution in [0.5, 0.6) is 0 Å². The predicted octanol–water partition coefficient (Wildman–Crippen LogP) is 1.56.